The van der Waals surface area contributed by atoms with Crippen LogP contribution in [-0.2, 0) is 6.54 Å². The standard InChI is InChI=1S/C28H28ClN5O2/c1-18(20-8-10-22(11-9-20)28(36)31-26-13-12-23(29)16-24(26)30)34-27(35)15-14-25(32-34)21-6-4-19(5-7-21)17-33(2)3/h4-16,18H,17,30H2,1-3H3,(H,31,36)/t18-/m0/s1. The van der Waals surface area contributed by atoms with Gasteiger partial charge in [-0.05, 0) is 68.5 Å². The van der Waals surface area contributed by atoms with Crippen LogP contribution in [-0.4, -0.2) is 34.7 Å². The number of halogens is 1. The van der Waals surface area contributed by atoms with Crippen LogP contribution in [0.1, 0.15) is 34.5 Å². The van der Waals surface area contributed by atoms with Crippen molar-refractivity contribution in [3.8, 4) is 11.3 Å². The van der Waals surface area contributed by atoms with Gasteiger partial charge in [0, 0.05) is 28.8 Å². The smallest absolute Gasteiger partial charge is 0.267 e. The number of aromatic nitrogens is 2. The second kappa shape index (κ2) is 10.8. The Morgan fingerprint density at radius 1 is 1.03 bits per heavy atom. The van der Waals surface area contributed by atoms with Gasteiger partial charge in [0.05, 0.1) is 23.1 Å². The lowest BCUT2D eigenvalue weighted by atomic mass is 10.1. The second-order valence-electron chi connectivity index (χ2n) is 8.92. The van der Waals surface area contributed by atoms with Gasteiger partial charge in [-0.2, -0.15) is 5.10 Å². The Hall–Kier alpha value is -3.94. The third-order valence-corrected chi connectivity index (χ3v) is 6.09. The van der Waals surface area contributed by atoms with E-state index >= 15 is 0 Å². The molecule has 0 saturated heterocycles. The Bertz CT molecular complexity index is 1430. The van der Waals surface area contributed by atoms with Gasteiger partial charge in [-0.1, -0.05) is 48.0 Å². The zero-order chi connectivity index (χ0) is 25.8. The summed E-state index contributed by atoms with van der Waals surface area (Å²) in [5.74, 6) is -0.293. The van der Waals surface area contributed by atoms with Gasteiger partial charge in [-0.25, -0.2) is 4.68 Å². The predicted molar refractivity (Wildman–Crippen MR) is 145 cm³/mol. The van der Waals surface area contributed by atoms with E-state index in [4.69, 9.17) is 17.3 Å². The number of hydrogen-bond acceptors (Lipinski definition) is 5. The molecule has 1 atom stereocenters. The van der Waals surface area contributed by atoms with Gasteiger partial charge in [0.25, 0.3) is 11.5 Å². The summed E-state index contributed by atoms with van der Waals surface area (Å²) in [6.07, 6.45) is 0. The summed E-state index contributed by atoms with van der Waals surface area (Å²) in [6.45, 7) is 2.76. The van der Waals surface area contributed by atoms with E-state index in [1.807, 2.05) is 45.3 Å². The zero-order valence-electron chi connectivity index (χ0n) is 20.4. The van der Waals surface area contributed by atoms with E-state index in [2.05, 4.69) is 27.4 Å². The van der Waals surface area contributed by atoms with Crippen LogP contribution in [0.5, 0.6) is 0 Å². The molecule has 1 aromatic heterocycles. The van der Waals surface area contributed by atoms with Crippen molar-refractivity contribution in [3.63, 3.8) is 0 Å². The molecule has 0 aliphatic heterocycles. The van der Waals surface area contributed by atoms with Crippen molar-refractivity contribution >= 4 is 28.9 Å². The Kier molecular flexibility index (Phi) is 7.52. The number of nitrogens with one attached hydrogen (secondary N) is 1. The molecule has 0 bridgehead atoms. The number of hydrogen-bond donors (Lipinski definition) is 2. The fourth-order valence-electron chi connectivity index (χ4n) is 3.90. The first-order chi connectivity index (χ1) is 17.2. The van der Waals surface area contributed by atoms with Gasteiger partial charge in [-0.15, -0.1) is 0 Å². The van der Waals surface area contributed by atoms with Gasteiger partial charge in [0.2, 0.25) is 0 Å². The first-order valence-corrected chi connectivity index (χ1v) is 11.9. The summed E-state index contributed by atoms with van der Waals surface area (Å²) < 4.78 is 1.46. The number of rotatable bonds is 7. The molecule has 0 saturated carbocycles. The van der Waals surface area contributed by atoms with Crippen molar-refractivity contribution < 1.29 is 4.79 Å². The molecule has 36 heavy (non-hydrogen) atoms. The summed E-state index contributed by atoms with van der Waals surface area (Å²) in [5, 5.41) is 7.92. The maximum Gasteiger partial charge on any atom is 0.267 e. The second-order valence-corrected chi connectivity index (χ2v) is 9.36. The minimum atomic E-state index is -0.325. The van der Waals surface area contributed by atoms with E-state index in [-0.39, 0.29) is 17.5 Å². The molecule has 0 unspecified atom stereocenters. The van der Waals surface area contributed by atoms with Gasteiger partial charge in [0.1, 0.15) is 0 Å². The van der Waals surface area contributed by atoms with E-state index in [0.717, 1.165) is 23.4 Å². The van der Waals surface area contributed by atoms with E-state index in [1.54, 1.807) is 36.4 Å². The number of nitrogens with zero attached hydrogens (tertiary/aromatic N) is 3. The summed E-state index contributed by atoms with van der Waals surface area (Å²) in [5.41, 5.74) is 10.8. The fourth-order valence-corrected chi connectivity index (χ4v) is 4.08. The lowest BCUT2D eigenvalue weighted by molar-refractivity contribution is 0.102. The minimum absolute atomic E-state index is 0.199. The van der Waals surface area contributed by atoms with Gasteiger partial charge >= 0.3 is 0 Å². The molecule has 3 aromatic carbocycles. The zero-order valence-corrected chi connectivity index (χ0v) is 21.2. The molecule has 0 fully saturated rings. The summed E-state index contributed by atoms with van der Waals surface area (Å²) >= 11 is 5.92. The summed E-state index contributed by atoms with van der Waals surface area (Å²) in [6, 6.07) is 23.1. The molecule has 8 heteroatoms. The van der Waals surface area contributed by atoms with Crippen molar-refractivity contribution in [1.29, 1.82) is 0 Å². The molecule has 1 amide bonds. The SMILES string of the molecule is C[C@@H](c1ccc(C(=O)Nc2ccc(Cl)cc2N)cc1)n1nc(-c2ccc(CN(C)C)cc2)ccc1=O. The van der Waals surface area contributed by atoms with Crippen LogP contribution in [0.25, 0.3) is 11.3 Å². The van der Waals surface area contributed by atoms with Crippen molar-refractivity contribution in [1.82, 2.24) is 14.7 Å². The van der Waals surface area contributed by atoms with Crippen LogP contribution in [0.2, 0.25) is 5.02 Å². The van der Waals surface area contributed by atoms with Crippen molar-refractivity contribution in [3.05, 3.63) is 111 Å². The average Bonchev–Trinajstić information content (AvgIpc) is 2.86. The van der Waals surface area contributed by atoms with Crippen LogP contribution < -0.4 is 16.6 Å². The largest absolute Gasteiger partial charge is 0.397 e. The van der Waals surface area contributed by atoms with Crippen LogP contribution in [0.15, 0.2) is 83.7 Å². The third kappa shape index (κ3) is 5.82. The number of carbonyl (C=O) groups excluding carboxylic acids is 1. The highest BCUT2D eigenvalue weighted by Gasteiger charge is 2.14. The highest BCUT2D eigenvalue weighted by atomic mass is 35.5. The molecule has 0 aliphatic rings. The molecule has 4 rings (SSSR count). The van der Waals surface area contributed by atoms with Crippen LogP contribution >= 0.6 is 11.6 Å². The number of nitrogen functional groups attached to an aromatic ring is 1. The molecule has 4 aromatic rings. The molecular formula is C28H28ClN5O2. The van der Waals surface area contributed by atoms with Crippen molar-refractivity contribution in [2.45, 2.75) is 19.5 Å². The highest BCUT2D eigenvalue weighted by Crippen LogP contribution is 2.24. The van der Waals surface area contributed by atoms with E-state index in [0.29, 0.717) is 22.0 Å². The number of nitrogens with two attached hydrogens (primary N) is 1. The van der Waals surface area contributed by atoms with Crippen LogP contribution in [0.3, 0.4) is 0 Å². The van der Waals surface area contributed by atoms with E-state index in [1.165, 1.54) is 16.3 Å². The lowest BCUT2D eigenvalue weighted by Gasteiger charge is -2.16. The first-order valence-electron chi connectivity index (χ1n) is 11.5. The van der Waals surface area contributed by atoms with E-state index < -0.39 is 0 Å². The number of amides is 1. The molecule has 1 heterocycles. The molecule has 3 N–H and O–H groups in total. The van der Waals surface area contributed by atoms with Crippen molar-refractivity contribution in [2.75, 3.05) is 25.1 Å². The lowest BCUT2D eigenvalue weighted by Crippen LogP contribution is -2.26. The Morgan fingerprint density at radius 2 is 1.72 bits per heavy atom. The normalized spacial score (nSPS) is 11.9. The average molecular weight is 502 g/mol. The molecular weight excluding hydrogens is 474 g/mol. The monoisotopic (exact) mass is 501 g/mol. The fraction of sp³-hybridized carbons (Fsp3) is 0.179. The Balaban J connectivity index is 1.52. The van der Waals surface area contributed by atoms with Gasteiger partial charge in [0.15, 0.2) is 0 Å². The quantitative estimate of drug-likeness (QED) is 0.345. The van der Waals surface area contributed by atoms with Gasteiger partial charge < -0.3 is 16.0 Å². The Labute approximate surface area is 215 Å². The molecule has 0 spiro atoms. The number of carbonyl (C=O) groups is 1. The van der Waals surface area contributed by atoms with Gasteiger partial charge in [-0.3, -0.25) is 9.59 Å². The predicted octanol–water partition coefficient (Wildman–Crippen LogP) is 5.07. The summed E-state index contributed by atoms with van der Waals surface area (Å²) in [4.78, 5) is 27.4. The molecule has 7 nitrogen and oxygen atoms in total. The first kappa shape index (κ1) is 25.2. The van der Waals surface area contributed by atoms with Crippen LogP contribution in [0.4, 0.5) is 11.4 Å². The maximum atomic E-state index is 12.7. The van der Waals surface area contributed by atoms with Crippen molar-refractivity contribution in [2.24, 2.45) is 0 Å². The van der Waals surface area contributed by atoms with Crippen LogP contribution in [0, 0.1) is 0 Å². The molecule has 0 aliphatic carbocycles. The summed E-state index contributed by atoms with van der Waals surface area (Å²) in [7, 11) is 4.06. The molecule has 184 valence electrons. The third-order valence-electron chi connectivity index (χ3n) is 5.86. The Morgan fingerprint density at radius 3 is 2.36 bits per heavy atom. The minimum Gasteiger partial charge on any atom is -0.397 e. The number of benzene rings is 3. The topological polar surface area (TPSA) is 93.2 Å². The molecule has 0 radical (unpaired) electrons. The van der Waals surface area contributed by atoms with E-state index in [9.17, 15) is 9.59 Å². The number of anilines is 2. The highest BCUT2D eigenvalue weighted by molar-refractivity contribution is 6.31. The maximum absolute atomic E-state index is 12.7.